The standard InChI is InChI=1S/C15H16ClN3/c16-15-18-17-14(11-8-9-11)19(15)13-7-3-5-10-4-1-2-6-12(10)13/h3,5,7,11H,1-2,4,6,8-9H2. The molecule has 0 unspecified atom stereocenters. The van der Waals surface area contributed by atoms with E-state index in [4.69, 9.17) is 11.6 Å². The third-order valence-electron chi connectivity index (χ3n) is 4.20. The van der Waals surface area contributed by atoms with Crippen LogP contribution in [0.1, 0.15) is 48.6 Å². The van der Waals surface area contributed by atoms with Crippen molar-refractivity contribution in [3.05, 3.63) is 40.4 Å². The third kappa shape index (κ3) is 1.88. The van der Waals surface area contributed by atoms with E-state index in [1.54, 1.807) is 0 Å². The number of fused-ring (bicyclic) bond motifs is 1. The van der Waals surface area contributed by atoms with Gasteiger partial charge in [-0.3, -0.25) is 4.57 Å². The van der Waals surface area contributed by atoms with E-state index in [9.17, 15) is 0 Å². The van der Waals surface area contributed by atoms with Crippen molar-refractivity contribution in [2.75, 3.05) is 0 Å². The van der Waals surface area contributed by atoms with Crippen LogP contribution in [0.4, 0.5) is 0 Å². The zero-order valence-corrected chi connectivity index (χ0v) is 11.5. The molecule has 0 bridgehead atoms. The van der Waals surface area contributed by atoms with E-state index in [2.05, 4.69) is 33.0 Å². The van der Waals surface area contributed by atoms with Gasteiger partial charge in [0.2, 0.25) is 5.28 Å². The van der Waals surface area contributed by atoms with Gasteiger partial charge in [0.1, 0.15) is 5.82 Å². The van der Waals surface area contributed by atoms with Gasteiger partial charge in [-0.1, -0.05) is 12.1 Å². The first-order chi connectivity index (χ1) is 9.34. The summed E-state index contributed by atoms with van der Waals surface area (Å²) in [5.41, 5.74) is 4.11. The number of benzene rings is 1. The lowest BCUT2D eigenvalue weighted by Gasteiger charge is -2.20. The fourth-order valence-electron chi connectivity index (χ4n) is 3.08. The van der Waals surface area contributed by atoms with Crippen molar-refractivity contribution in [3.8, 4) is 5.69 Å². The number of hydrogen-bond acceptors (Lipinski definition) is 2. The Morgan fingerprint density at radius 3 is 2.79 bits per heavy atom. The second kappa shape index (κ2) is 4.34. The molecule has 3 nitrogen and oxygen atoms in total. The first-order valence-electron chi connectivity index (χ1n) is 7.06. The van der Waals surface area contributed by atoms with E-state index >= 15 is 0 Å². The molecule has 0 spiro atoms. The molecule has 4 heteroatoms. The van der Waals surface area contributed by atoms with Crippen LogP contribution in [0, 0.1) is 0 Å². The topological polar surface area (TPSA) is 30.7 Å². The molecule has 0 aliphatic heterocycles. The first kappa shape index (κ1) is 11.5. The molecule has 19 heavy (non-hydrogen) atoms. The summed E-state index contributed by atoms with van der Waals surface area (Å²) in [4.78, 5) is 0. The van der Waals surface area contributed by atoms with Gasteiger partial charge in [0, 0.05) is 5.92 Å². The Labute approximate surface area is 117 Å². The van der Waals surface area contributed by atoms with E-state index in [1.807, 2.05) is 0 Å². The van der Waals surface area contributed by atoms with E-state index < -0.39 is 0 Å². The Balaban J connectivity index is 1.90. The molecular formula is C15H16ClN3. The highest BCUT2D eigenvalue weighted by Gasteiger charge is 2.31. The highest BCUT2D eigenvalue weighted by atomic mass is 35.5. The molecule has 1 aromatic heterocycles. The maximum absolute atomic E-state index is 6.28. The molecular weight excluding hydrogens is 258 g/mol. The van der Waals surface area contributed by atoms with Crippen LogP contribution in [0.3, 0.4) is 0 Å². The highest BCUT2D eigenvalue weighted by molar-refractivity contribution is 6.28. The predicted octanol–water partition coefficient (Wildman–Crippen LogP) is 3.68. The third-order valence-corrected chi connectivity index (χ3v) is 4.45. The summed E-state index contributed by atoms with van der Waals surface area (Å²) in [6, 6.07) is 6.53. The Kier molecular flexibility index (Phi) is 2.62. The van der Waals surface area contributed by atoms with Crippen LogP contribution in [-0.4, -0.2) is 14.8 Å². The monoisotopic (exact) mass is 273 g/mol. The normalized spacial score (nSPS) is 18.4. The van der Waals surface area contributed by atoms with Crippen molar-refractivity contribution in [3.63, 3.8) is 0 Å². The van der Waals surface area contributed by atoms with Crippen molar-refractivity contribution in [1.82, 2.24) is 14.8 Å². The SMILES string of the molecule is Clc1nnc(C2CC2)n1-c1cccc2c1CCCC2. The predicted molar refractivity (Wildman–Crippen MR) is 75.0 cm³/mol. The van der Waals surface area contributed by atoms with Gasteiger partial charge in [-0.25, -0.2) is 0 Å². The van der Waals surface area contributed by atoms with Crippen LogP contribution in [-0.2, 0) is 12.8 Å². The van der Waals surface area contributed by atoms with Crippen LogP contribution in [0.15, 0.2) is 18.2 Å². The molecule has 0 N–H and O–H groups in total. The van der Waals surface area contributed by atoms with Crippen molar-refractivity contribution < 1.29 is 0 Å². The molecule has 2 aromatic rings. The summed E-state index contributed by atoms with van der Waals surface area (Å²) < 4.78 is 2.07. The van der Waals surface area contributed by atoms with Crippen LogP contribution >= 0.6 is 11.6 Å². The fraction of sp³-hybridized carbons (Fsp3) is 0.467. The van der Waals surface area contributed by atoms with Gasteiger partial charge < -0.3 is 0 Å². The number of hydrogen-bond donors (Lipinski definition) is 0. The summed E-state index contributed by atoms with van der Waals surface area (Å²) in [6.45, 7) is 0. The lowest BCUT2D eigenvalue weighted by Crippen LogP contribution is -2.10. The number of aromatic nitrogens is 3. The second-order valence-corrected chi connectivity index (χ2v) is 5.90. The van der Waals surface area contributed by atoms with E-state index in [0.29, 0.717) is 11.2 Å². The molecule has 0 amide bonds. The molecule has 0 radical (unpaired) electrons. The van der Waals surface area contributed by atoms with Crippen molar-refractivity contribution in [2.45, 2.75) is 44.4 Å². The van der Waals surface area contributed by atoms with Crippen LogP contribution in [0.25, 0.3) is 5.69 Å². The molecule has 0 atom stereocenters. The minimum atomic E-state index is 0.501. The summed E-state index contributed by atoms with van der Waals surface area (Å²) in [7, 11) is 0. The molecule has 98 valence electrons. The number of halogens is 1. The van der Waals surface area contributed by atoms with Gasteiger partial charge in [0.15, 0.2) is 0 Å². The molecule has 1 heterocycles. The summed E-state index contributed by atoms with van der Waals surface area (Å²) in [5.74, 6) is 1.60. The van der Waals surface area contributed by atoms with Crippen LogP contribution in [0.2, 0.25) is 5.28 Å². The molecule has 2 aliphatic carbocycles. The Morgan fingerprint density at radius 2 is 1.95 bits per heavy atom. The Morgan fingerprint density at radius 1 is 1.11 bits per heavy atom. The second-order valence-electron chi connectivity index (χ2n) is 5.56. The summed E-state index contributed by atoms with van der Waals surface area (Å²) >= 11 is 6.28. The smallest absolute Gasteiger partial charge is 0.229 e. The molecule has 1 fully saturated rings. The quantitative estimate of drug-likeness (QED) is 0.836. The molecule has 1 saturated carbocycles. The van der Waals surface area contributed by atoms with Gasteiger partial charge in [0.25, 0.3) is 0 Å². The number of rotatable bonds is 2. The van der Waals surface area contributed by atoms with Gasteiger partial charge in [-0.2, -0.15) is 0 Å². The minimum Gasteiger partial charge on any atom is -0.269 e. The molecule has 4 rings (SSSR count). The largest absolute Gasteiger partial charge is 0.269 e. The van der Waals surface area contributed by atoms with Gasteiger partial charge in [-0.05, 0) is 67.3 Å². The summed E-state index contributed by atoms with van der Waals surface area (Å²) in [6.07, 6.45) is 7.31. The molecule has 0 saturated heterocycles. The minimum absolute atomic E-state index is 0.501. The molecule has 2 aliphatic rings. The number of aryl methyl sites for hydroxylation is 1. The van der Waals surface area contributed by atoms with Crippen molar-refractivity contribution in [1.29, 1.82) is 0 Å². The van der Waals surface area contributed by atoms with Crippen LogP contribution in [0.5, 0.6) is 0 Å². The highest BCUT2D eigenvalue weighted by Crippen LogP contribution is 2.41. The van der Waals surface area contributed by atoms with Crippen molar-refractivity contribution >= 4 is 11.6 Å². The lowest BCUT2D eigenvalue weighted by atomic mass is 9.90. The van der Waals surface area contributed by atoms with Gasteiger partial charge in [-0.15, -0.1) is 10.2 Å². The van der Waals surface area contributed by atoms with E-state index in [-0.39, 0.29) is 0 Å². The van der Waals surface area contributed by atoms with Gasteiger partial charge >= 0.3 is 0 Å². The summed E-state index contributed by atoms with van der Waals surface area (Å²) in [5, 5.41) is 8.87. The van der Waals surface area contributed by atoms with E-state index in [1.165, 1.54) is 48.9 Å². The number of nitrogens with zero attached hydrogens (tertiary/aromatic N) is 3. The van der Waals surface area contributed by atoms with E-state index in [0.717, 1.165) is 12.2 Å². The Bertz CT molecular complexity index is 628. The zero-order valence-electron chi connectivity index (χ0n) is 10.8. The first-order valence-corrected chi connectivity index (χ1v) is 7.44. The molecule has 1 aromatic carbocycles. The van der Waals surface area contributed by atoms with Gasteiger partial charge in [0.05, 0.1) is 5.69 Å². The maximum Gasteiger partial charge on any atom is 0.229 e. The van der Waals surface area contributed by atoms with Crippen molar-refractivity contribution in [2.24, 2.45) is 0 Å². The lowest BCUT2D eigenvalue weighted by molar-refractivity contribution is 0.679. The average Bonchev–Trinajstić information content (AvgIpc) is 3.22. The average molecular weight is 274 g/mol. The Hall–Kier alpha value is -1.35. The maximum atomic E-state index is 6.28. The zero-order chi connectivity index (χ0) is 12.8. The van der Waals surface area contributed by atoms with Crippen LogP contribution < -0.4 is 0 Å². The fourth-order valence-corrected chi connectivity index (χ4v) is 3.29.